The van der Waals surface area contributed by atoms with Crippen LogP contribution in [0.15, 0.2) is 42.5 Å². The van der Waals surface area contributed by atoms with Crippen LogP contribution in [0.2, 0.25) is 0 Å². The van der Waals surface area contributed by atoms with E-state index >= 15 is 0 Å². The molecule has 0 saturated carbocycles. The van der Waals surface area contributed by atoms with Gasteiger partial charge in [0, 0.05) is 11.6 Å². The number of benzene rings is 2. The van der Waals surface area contributed by atoms with E-state index in [1.54, 1.807) is 31.2 Å². The number of aliphatic hydroxyl groups is 1. The third-order valence-corrected chi connectivity index (χ3v) is 2.77. The fraction of sp³-hybridized carbons (Fsp3) is 0.200. The second-order valence-corrected chi connectivity index (χ2v) is 4.27. The lowest BCUT2D eigenvalue weighted by molar-refractivity contribution is 0.199. The van der Waals surface area contributed by atoms with E-state index in [0.717, 1.165) is 11.6 Å². The lowest BCUT2D eigenvalue weighted by Crippen LogP contribution is -1.99. The van der Waals surface area contributed by atoms with E-state index in [9.17, 15) is 13.9 Å². The van der Waals surface area contributed by atoms with Crippen LogP contribution in [0.5, 0.6) is 5.75 Å². The Labute approximate surface area is 110 Å². The van der Waals surface area contributed by atoms with E-state index in [1.165, 1.54) is 12.1 Å². The SMILES string of the molecule is C[C@@H](O)c1ccc(OCc2ccc(F)cc2F)cc1. The van der Waals surface area contributed by atoms with E-state index in [-0.39, 0.29) is 6.61 Å². The molecular weight excluding hydrogens is 250 g/mol. The van der Waals surface area contributed by atoms with Crippen LogP contribution in [-0.2, 0) is 6.61 Å². The summed E-state index contributed by atoms with van der Waals surface area (Å²) in [6, 6.07) is 10.2. The van der Waals surface area contributed by atoms with E-state index in [4.69, 9.17) is 4.74 Å². The highest BCUT2D eigenvalue weighted by Crippen LogP contribution is 2.19. The van der Waals surface area contributed by atoms with E-state index in [1.807, 2.05) is 0 Å². The normalized spacial score (nSPS) is 12.2. The standard InChI is InChI=1S/C15H14F2O2/c1-10(18)11-3-6-14(7-4-11)19-9-12-2-5-13(16)8-15(12)17/h2-8,10,18H,9H2,1H3/t10-/m1/s1. The van der Waals surface area contributed by atoms with Crippen molar-refractivity contribution in [3.63, 3.8) is 0 Å². The molecule has 0 aliphatic rings. The summed E-state index contributed by atoms with van der Waals surface area (Å²) < 4.78 is 31.5. The molecule has 1 atom stereocenters. The zero-order chi connectivity index (χ0) is 13.8. The summed E-state index contributed by atoms with van der Waals surface area (Å²) in [6.45, 7) is 1.70. The van der Waals surface area contributed by atoms with Crippen molar-refractivity contribution in [2.24, 2.45) is 0 Å². The molecule has 0 spiro atoms. The van der Waals surface area contributed by atoms with Gasteiger partial charge in [0.2, 0.25) is 0 Å². The predicted octanol–water partition coefficient (Wildman–Crippen LogP) is 3.60. The molecule has 19 heavy (non-hydrogen) atoms. The van der Waals surface area contributed by atoms with Crippen LogP contribution in [0.4, 0.5) is 8.78 Å². The molecule has 0 aliphatic carbocycles. The maximum atomic E-state index is 13.4. The van der Waals surface area contributed by atoms with Gasteiger partial charge in [0.15, 0.2) is 0 Å². The van der Waals surface area contributed by atoms with Crippen molar-refractivity contribution in [2.45, 2.75) is 19.6 Å². The van der Waals surface area contributed by atoms with E-state index in [0.29, 0.717) is 11.3 Å². The van der Waals surface area contributed by atoms with Crippen LogP contribution in [0.3, 0.4) is 0 Å². The van der Waals surface area contributed by atoms with Crippen LogP contribution < -0.4 is 4.74 Å². The zero-order valence-corrected chi connectivity index (χ0v) is 10.4. The fourth-order valence-corrected chi connectivity index (χ4v) is 1.64. The largest absolute Gasteiger partial charge is 0.489 e. The molecule has 2 rings (SSSR count). The summed E-state index contributed by atoms with van der Waals surface area (Å²) >= 11 is 0. The number of hydrogen-bond acceptors (Lipinski definition) is 2. The summed E-state index contributed by atoms with van der Waals surface area (Å²) in [6.07, 6.45) is -0.538. The first-order valence-electron chi connectivity index (χ1n) is 5.91. The third kappa shape index (κ3) is 3.51. The van der Waals surface area contributed by atoms with Crippen molar-refractivity contribution in [2.75, 3.05) is 0 Å². The molecule has 1 N–H and O–H groups in total. The monoisotopic (exact) mass is 264 g/mol. The van der Waals surface area contributed by atoms with Gasteiger partial charge in [0.1, 0.15) is 24.0 Å². The molecule has 2 aromatic rings. The van der Waals surface area contributed by atoms with Gasteiger partial charge in [-0.15, -0.1) is 0 Å². The second-order valence-electron chi connectivity index (χ2n) is 4.27. The molecule has 2 nitrogen and oxygen atoms in total. The van der Waals surface area contributed by atoms with Crippen molar-refractivity contribution in [3.8, 4) is 5.75 Å². The van der Waals surface area contributed by atoms with Gasteiger partial charge < -0.3 is 9.84 Å². The quantitative estimate of drug-likeness (QED) is 0.914. The Bertz CT molecular complexity index is 551. The highest BCUT2D eigenvalue weighted by molar-refractivity contribution is 5.28. The Morgan fingerprint density at radius 3 is 2.37 bits per heavy atom. The number of rotatable bonds is 4. The Kier molecular flexibility index (Phi) is 4.12. The first-order valence-corrected chi connectivity index (χ1v) is 5.91. The summed E-state index contributed by atoms with van der Waals surface area (Å²) in [5.41, 5.74) is 1.07. The van der Waals surface area contributed by atoms with Crippen molar-refractivity contribution >= 4 is 0 Å². The Morgan fingerprint density at radius 2 is 1.79 bits per heavy atom. The number of halogens is 2. The molecule has 2 aromatic carbocycles. The predicted molar refractivity (Wildman–Crippen MR) is 67.8 cm³/mol. The molecule has 100 valence electrons. The minimum Gasteiger partial charge on any atom is -0.489 e. The number of ether oxygens (including phenoxy) is 1. The third-order valence-electron chi connectivity index (χ3n) is 2.77. The molecule has 0 heterocycles. The second kappa shape index (κ2) is 5.80. The molecule has 0 unspecified atom stereocenters. The molecule has 0 aromatic heterocycles. The molecule has 0 bridgehead atoms. The Morgan fingerprint density at radius 1 is 1.11 bits per heavy atom. The molecule has 0 saturated heterocycles. The van der Waals surface area contributed by atoms with Crippen LogP contribution in [0, 0.1) is 11.6 Å². The number of aliphatic hydroxyl groups excluding tert-OH is 1. The first kappa shape index (κ1) is 13.5. The molecule has 0 amide bonds. The van der Waals surface area contributed by atoms with E-state index < -0.39 is 17.7 Å². The van der Waals surface area contributed by atoms with Gasteiger partial charge in [0.05, 0.1) is 6.10 Å². The summed E-state index contributed by atoms with van der Waals surface area (Å²) in [5.74, 6) is -0.670. The van der Waals surface area contributed by atoms with Gasteiger partial charge in [-0.25, -0.2) is 8.78 Å². The van der Waals surface area contributed by atoms with Crippen LogP contribution in [0.25, 0.3) is 0 Å². The topological polar surface area (TPSA) is 29.5 Å². The summed E-state index contributed by atoms with van der Waals surface area (Å²) in [7, 11) is 0. The average Bonchev–Trinajstić information content (AvgIpc) is 2.38. The Hall–Kier alpha value is -1.94. The van der Waals surface area contributed by atoms with Gasteiger partial charge in [-0.1, -0.05) is 12.1 Å². The molecule has 4 heteroatoms. The van der Waals surface area contributed by atoms with Crippen molar-refractivity contribution in [1.82, 2.24) is 0 Å². The maximum Gasteiger partial charge on any atom is 0.132 e. The van der Waals surface area contributed by atoms with Gasteiger partial charge in [-0.05, 0) is 36.8 Å². The van der Waals surface area contributed by atoms with Gasteiger partial charge in [-0.3, -0.25) is 0 Å². The first-order chi connectivity index (χ1) is 9.06. The van der Waals surface area contributed by atoms with Crippen molar-refractivity contribution < 1.29 is 18.6 Å². The lowest BCUT2D eigenvalue weighted by Gasteiger charge is -2.09. The van der Waals surface area contributed by atoms with Crippen LogP contribution in [0.1, 0.15) is 24.2 Å². The maximum absolute atomic E-state index is 13.4. The molecule has 0 radical (unpaired) electrons. The van der Waals surface area contributed by atoms with Crippen molar-refractivity contribution in [1.29, 1.82) is 0 Å². The molecular formula is C15H14F2O2. The van der Waals surface area contributed by atoms with Crippen LogP contribution >= 0.6 is 0 Å². The molecule has 0 aliphatic heterocycles. The van der Waals surface area contributed by atoms with Crippen LogP contribution in [-0.4, -0.2) is 5.11 Å². The fourth-order valence-electron chi connectivity index (χ4n) is 1.64. The van der Waals surface area contributed by atoms with Gasteiger partial charge in [-0.2, -0.15) is 0 Å². The summed E-state index contributed by atoms with van der Waals surface area (Å²) in [5, 5.41) is 9.36. The van der Waals surface area contributed by atoms with Gasteiger partial charge >= 0.3 is 0 Å². The van der Waals surface area contributed by atoms with E-state index in [2.05, 4.69) is 0 Å². The Balaban J connectivity index is 2.02. The summed E-state index contributed by atoms with van der Waals surface area (Å²) in [4.78, 5) is 0. The smallest absolute Gasteiger partial charge is 0.132 e. The highest BCUT2D eigenvalue weighted by Gasteiger charge is 2.05. The highest BCUT2D eigenvalue weighted by atomic mass is 19.1. The van der Waals surface area contributed by atoms with Gasteiger partial charge in [0.25, 0.3) is 0 Å². The molecule has 0 fully saturated rings. The number of hydrogen-bond donors (Lipinski definition) is 1. The minimum atomic E-state index is -0.624. The average molecular weight is 264 g/mol. The zero-order valence-electron chi connectivity index (χ0n) is 10.4. The lowest BCUT2D eigenvalue weighted by atomic mass is 10.1. The van der Waals surface area contributed by atoms with Crippen molar-refractivity contribution in [3.05, 3.63) is 65.2 Å². The minimum absolute atomic E-state index is 0.0279.